The van der Waals surface area contributed by atoms with E-state index in [1.54, 1.807) is 19.2 Å². The van der Waals surface area contributed by atoms with E-state index in [9.17, 15) is 8.78 Å². The second kappa shape index (κ2) is 7.14. The average Bonchev–Trinajstić information content (AvgIpc) is 2.48. The van der Waals surface area contributed by atoms with E-state index in [0.717, 1.165) is 31.6 Å². The molecule has 2 rings (SSSR count). The van der Waals surface area contributed by atoms with Crippen molar-refractivity contribution >= 4 is 0 Å². The lowest BCUT2D eigenvalue weighted by atomic mass is 9.94. The van der Waals surface area contributed by atoms with Crippen LogP contribution in [0, 0.1) is 17.6 Å². The Morgan fingerprint density at radius 1 is 1.30 bits per heavy atom. The number of piperidine rings is 1. The second-order valence-electron chi connectivity index (χ2n) is 5.64. The van der Waals surface area contributed by atoms with Gasteiger partial charge in [0.2, 0.25) is 0 Å². The molecule has 0 aromatic heterocycles. The van der Waals surface area contributed by atoms with Gasteiger partial charge < -0.3 is 10.2 Å². The molecule has 1 aromatic carbocycles. The first kappa shape index (κ1) is 15.4. The quantitative estimate of drug-likeness (QED) is 0.891. The zero-order chi connectivity index (χ0) is 14.5. The number of hydrogen-bond donors (Lipinski definition) is 1. The lowest BCUT2D eigenvalue weighted by Gasteiger charge is -2.34. The number of likely N-dealkylation sites (N-methyl/N-ethyl adjacent to an activating group) is 1. The van der Waals surface area contributed by atoms with Crippen molar-refractivity contribution < 1.29 is 8.78 Å². The molecule has 1 heterocycles. The minimum Gasteiger partial charge on any atom is -0.312 e. The van der Waals surface area contributed by atoms with Crippen LogP contribution in [-0.4, -0.2) is 31.6 Å². The van der Waals surface area contributed by atoms with Crippen LogP contribution in [0.25, 0.3) is 0 Å². The normalized spacial score (nSPS) is 19.2. The maximum absolute atomic E-state index is 13.9. The standard InChI is InChI=1S/C16H24F2N2/c1-3-12-7-9-20(10-8-12)11-15(19-2)13-5-4-6-14(17)16(13)18/h4-6,12,15,19H,3,7-11H2,1-2H3. The first-order valence-corrected chi connectivity index (χ1v) is 7.49. The molecule has 0 bridgehead atoms. The summed E-state index contributed by atoms with van der Waals surface area (Å²) in [5.41, 5.74) is 0.421. The third-order valence-corrected chi connectivity index (χ3v) is 4.43. The summed E-state index contributed by atoms with van der Waals surface area (Å²) >= 11 is 0. The van der Waals surface area contributed by atoms with Gasteiger partial charge in [0.05, 0.1) is 0 Å². The molecule has 2 nitrogen and oxygen atoms in total. The van der Waals surface area contributed by atoms with Gasteiger partial charge in [0.25, 0.3) is 0 Å². The van der Waals surface area contributed by atoms with Gasteiger partial charge in [-0.25, -0.2) is 8.78 Å². The second-order valence-corrected chi connectivity index (χ2v) is 5.64. The number of nitrogens with zero attached hydrogens (tertiary/aromatic N) is 1. The Kier molecular flexibility index (Phi) is 5.49. The summed E-state index contributed by atoms with van der Waals surface area (Å²) in [6, 6.07) is 4.24. The molecule has 1 aliphatic rings. The molecule has 1 saturated heterocycles. The minimum absolute atomic E-state index is 0.163. The lowest BCUT2D eigenvalue weighted by Crippen LogP contribution is -2.39. The Morgan fingerprint density at radius 2 is 2.00 bits per heavy atom. The van der Waals surface area contributed by atoms with Gasteiger partial charge in [0.1, 0.15) is 0 Å². The smallest absolute Gasteiger partial charge is 0.163 e. The van der Waals surface area contributed by atoms with Crippen LogP contribution in [0.15, 0.2) is 18.2 Å². The van der Waals surface area contributed by atoms with E-state index in [-0.39, 0.29) is 6.04 Å². The molecule has 1 aliphatic heterocycles. The van der Waals surface area contributed by atoms with Gasteiger partial charge in [0, 0.05) is 18.2 Å². The first-order chi connectivity index (χ1) is 9.65. The highest BCUT2D eigenvalue weighted by molar-refractivity contribution is 5.23. The molecule has 0 radical (unpaired) electrons. The van der Waals surface area contributed by atoms with Gasteiger partial charge in [-0.15, -0.1) is 0 Å². The summed E-state index contributed by atoms with van der Waals surface area (Å²) in [5.74, 6) is -0.673. The monoisotopic (exact) mass is 282 g/mol. The molecule has 1 fully saturated rings. The highest BCUT2D eigenvalue weighted by Gasteiger charge is 2.23. The third-order valence-electron chi connectivity index (χ3n) is 4.43. The highest BCUT2D eigenvalue weighted by atomic mass is 19.2. The molecule has 0 aliphatic carbocycles. The van der Waals surface area contributed by atoms with Crippen molar-refractivity contribution in [3.8, 4) is 0 Å². The summed E-state index contributed by atoms with van der Waals surface area (Å²) in [7, 11) is 1.80. The Morgan fingerprint density at radius 3 is 2.60 bits per heavy atom. The van der Waals surface area contributed by atoms with Crippen molar-refractivity contribution in [3.63, 3.8) is 0 Å². The molecule has 0 spiro atoms. The fraction of sp³-hybridized carbons (Fsp3) is 0.625. The van der Waals surface area contributed by atoms with E-state index in [4.69, 9.17) is 0 Å². The summed E-state index contributed by atoms with van der Waals surface area (Å²) in [6.07, 6.45) is 3.65. The number of likely N-dealkylation sites (tertiary alicyclic amines) is 1. The molecule has 4 heteroatoms. The van der Waals surface area contributed by atoms with Gasteiger partial charge in [-0.1, -0.05) is 25.5 Å². The van der Waals surface area contributed by atoms with Crippen LogP contribution in [0.3, 0.4) is 0 Å². The molecule has 0 amide bonds. The molecule has 0 saturated carbocycles. The summed E-state index contributed by atoms with van der Waals surface area (Å²) in [6.45, 7) is 5.06. The zero-order valence-corrected chi connectivity index (χ0v) is 12.3. The van der Waals surface area contributed by atoms with Crippen molar-refractivity contribution in [2.75, 3.05) is 26.7 Å². The van der Waals surface area contributed by atoms with Gasteiger partial charge >= 0.3 is 0 Å². The fourth-order valence-corrected chi connectivity index (χ4v) is 2.97. The van der Waals surface area contributed by atoms with Crippen molar-refractivity contribution in [1.82, 2.24) is 10.2 Å². The van der Waals surface area contributed by atoms with E-state index in [1.165, 1.54) is 19.3 Å². The number of nitrogens with one attached hydrogen (secondary N) is 1. The van der Waals surface area contributed by atoms with Gasteiger partial charge in [-0.2, -0.15) is 0 Å². The molecule has 112 valence electrons. The van der Waals surface area contributed by atoms with Crippen LogP contribution in [0.1, 0.15) is 37.8 Å². The van der Waals surface area contributed by atoms with Crippen LogP contribution in [0.4, 0.5) is 8.78 Å². The molecule has 1 unspecified atom stereocenters. The molecule has 1 atom stereocenters. The van der Waals surface area contributed by atoms with Crippen molar-refractivity contribution in [3.05, 3.63) is 35.4 Å². The van der Waals surface area contributed by atoms with Crippen LogP contribution >= 0.6 is 0 Å². The predicted octanol–water partition coefficient (Wildman–Crippen LogP) is 3.35. The topological polar surface area (TPSA) is 15.3 Å². The van der Waals surface area contributed by atoms with Gasteiger partial charge in [-0.05, 0) is 45.0 Å². The number of benzene rings is 1. The summed E-state index contributed by atoms with van der Waals surface area (Å²) < 4.78 is 27.2. The third kappa shape index (κ3) is 3.55. The maximum atomic E-state index is 13.9. The molecular formula is C16H24F2N2. The lowest BCUT2D eigenvalue weighted by molar-refractivity contribution is 0.167. The van der Waals surface area contributed by atoms with Crippen LogP contribution in [-0.2, 0) is 0 Å². The van der Waals surface area contributed by atoms with Gasteiger partial charge in [0.15, 0.2) is 11.6 Å². The summed E-state index contributed by atoms with van der Waals surface area (Å²) in [5, 5.41) is 3.11. The number of halogens is 2. The first-order valence-electron chi connectivity index (χ1n) is 7.49. The van der Waals surface area contributed by atoms with Crippen molar-refractivity contribution in [2.45, 2.75) is 32.2 Å². The SMILES string of the molecule is CCC1CCN(CC(NC)c2cccc(F)c2F)CC1. The van der Waals surface area contributed by atoms with E-state index >= 15 is 0 Å². The highest BCUT2D eigenvalue weighted by Crippen LogP contribution is 2.24. The van der Waals surface area contributed by atoms with E-state index in [0.29, 0.717) is 5.56 Å². The zero-order valence-electron chi connectivity index (χ0n) is 12.3. The van der Waals surface area contributed by atoms with Crippen LogP contribution in [0.5, 0.6) is 0 Å². The molecule has 1 N–H and O–H groups in total. The maximum Gasteiger partial charge on any atom is 0.163 e. The molecule has 1 aromatic rings. The Hall–Kier alpha value is -1.00. The minimum atomic E-state index is -0.771. The van der Waals surface area contributed by atoms with E-state index in [1.807, 2.05) is 0 Å². The van der Waals surface area contributed by atoms with Crippen molar-refractivity contribution in [2.24, 2.45) is 5.92 Å². The van der Waals surface area contributed by atoms with Crippen molar-refractivity contribution in [1.29, 1.82) is 0 Å². The Balaban J connectivity index is 2.01. The van der Waals surface area contributed by atoms with Crippen LogP contribution < -0.4 is 5.32 Å². The Bertz CT molecular complexity index is 428. The van der Waals surface area contributed by atoms with E-state index < -0.39 is 11.6 Å². The number of hydrogen-bond acceptors (Lipinski definition) is 2. The average molecular weight is 282 g/mol. The predicted molar refractivity (Wildman–Crippen MR) is 77.6 cm³/mol. The van der Waals surface area contributed by atoms with Crippen LogP contribution in [0.2, 0.25) is 0 Å². The summed E-state index contributed by atoms with van der Waals surface area (Å²) in [4.78, 5) is 2.34. The fourth-order valence-electron chi connectivity index (χ4n) is 2.97. The van der Waals surface area contributed by atoms with E-state index in [2.05, 4.69) is 17.1 Å². The molecular weight excluding hydrogens is 258 g/mol. The van der Waals surface area contributed by atoms with Gasteiger partial charge in [-0.3, -0.25) is 0 Å². The molecule has 20 heavy (non-hydrogen) atoms. The Labute approximate surface area is 120 Å². The number of rotatable bonds is 5. The largest absolute Gasteiger partial charge is 0.312 e.